The van der Waals surface area contributed by atoms with Crippen LogP contribution in [0.15, 0.2) is 0 Å². The number of carbonyl (C=O) groups is 1. The van der Waals surface area contributed by atoms with Gasteiger partial charge in [0, 0.05) is 0 Å². The van der Waals surface area contributed by atoms with Gasteiger partial charge in [-0.15, -0.1) is 6.42 Å². The fraction of sp³-hybridized carbons (Fsp3) is 0.500. The molecule has 0 amide bonds. The van der Waals surface area contributed by atoms with Crippen LogP contribution >= 0.6 is 25.3 Å². The first kappa shape index (κ1) is 9.73. The summed E-state index contributed by atoms with van der Waals surface area (Å²) < 4.78 is 4.26. The Morgan fingerprint density at radius 2 is 2.30 bits per heavy atom. The first-order valence-corrected chi connectivity index (χ1v) is 3.65. The summed E-state index contributed by atoms with van der Waals surface area (Å²) in [5.41, 5.74) is 0. The molecule has 0 aromatic carbocycles. The minimum Gasteiger partial charge on any atom is -0.452 e. The average Bonchev–Trinajstić information content (AvgIpc) is 1.82. The van der Waals surface area contributed by atoms with Crippen LogP contribution in [0.4, 0.5) is 0 Å². The van der Waals surface area contributed by atoms with E-state index >= 15 is 0 Å². The third-order valence-electron chi connectivity index (χ3n) is 0.666. The van der Waals surface area contributed by atoms with Crippen molar-refractivity contribution >= 4 is 31.2 Å². The first-order valence-electron chi connectivity index (χ1n) is 2.62. The highest BCUT2D eigenvalue weighted by Gasteiger charge is 2.05. The second-order valence-electron chi connectivity index (χ2n) is 1.55. The average molecular weight is 176 g/mol. The molecule has 0 unspecified atom stereocenters. The first-order chi connectivity index (χ1) is 4.66. The van der Waals surface area contributed by atoms with Gasteiger partial charge in [-0.05, 0) is 0 Å². The smallest absolute Gasteiger partial charge is 0.308 e. The van der Waals surface area contributed by atoms with Crippen LogP contribution in [0.5, 0.6) is 0 Å². The summed E-state index contributed by atoms with van der Waals surface area (Å²) in [7, 11) is 0. The van der Waals surface area contributed by atoms with Gasteiger partial charge in [0.05, 0.1) is 11.0 Å². The summed E-state index contributed by atoms with van der Waals surface area (Å²) in [6, 6.07) is 0. The highest BCUT2D eigenvalue weighted by atomic mass is 32.2. The number of hydrogen-bond acceptors (Lipinski definition) is 4. The van der Waals surface area contributed by atoms with Crippen LogP contribution in [0.1, 0.15) is 6.42 Å². The summed E-state index contributed by atoms with van der Waals surface area (Å²) in [6.07, 6.45) is 5.02. The monoisotopic (exact) mass is 176 g/mol. The van der Waals surface area contributed by atoms with Crippen LogP contribution < -0.4 is 0 Å². The molecule has 0 heterocycles. The van der Waals surface area contributed by atoms with Crippen molar-refractivity contribution in [1.82, 2.24) is 0 Å². The Bertz CT molecular complexity index is 148. The van der Waals surface area contributed by atoms with Crippen molar-refractivity contribution in [2.75, 3.05) is 6.61 Å². The molecular weight excluding hydrogens is 168 g/mol. The molecule has 0 aromatic heterocycles. The fourth-order valence-corrected chi connectivity index (χ4v) is 0.628. The maximum atomic E-state index is 10.6. The molecule has 0 saturated heterocycles. The van der Waals surface area contributed by atoms with Crippen LogP contribution in [0.3, 0.4) is 0 Å². The van der Waals surface area contributed by atoms with Gasteiger partial charge in [0.2, 0.25) is 0 Å². The Morgan fingerprint density at radius 3 is 2.70 bits per heavy atom. The molecule has 0 saturated carbocycles. The lowest BCUT2D eigenvalue weighted by Crippen LogP contribution is -2.07. The lowest BCUT2D eigenvalue weighted by atomic mass is 10.5. The SMILES string of the molecule is C#CCOC(=O)CC(S)S. The van der Waals surface area contributed by atoms with Crippen molar-refractivity contribution in [1.29, 1.82) is 0 Å². The number of ether oxygens (including phenoxy) is 1. The zero-order valence-electron chi connectivity index (χ0n) is 5.28. The van der Waals surface area contributed by atoms with E-state index < -0.39 is 0 Å². The second kappa shape index (κ2) is 5.51. The summed E-state index contributed by atoms with van der Waals surface area (Å²) in [6.45, 7) is 0.0209. The number of esters is 1. The highest BCUT2D eigenvalue weighted by Crippen LogP contribution is 2.05. The molecule has 0 aliphatic rings. The molecule has 2 nitrogen and oxygen atoms in total. The summed E-state index contributed by atoms with van der Waals surface area (Å²) in [5, 5.41) is 0. The molecule has 0 bridgehead atoms. The maximum absolute atomic E-state index is 10.6. The van der Waals surface area contributed by atoms with Crippen molar-refractivity contribution < 1.29 is 9.53 Å². The van der Waals surface area contributed by atoms with Gasteiger partial charge in [-0.25, -0.2) is 0 Å². The molecule has 0 aromatic rings. The molecule has 0 aliphatic heterocycles. The largest absolute Gasteiger partial charge is 0.452 e. The quantitative estimate of drug-likeness (QED) is 0.287. The molecule has 0 N–H and O–H groups in total. The number of terminal acetylenes is 1. The van der Waals surface area contributed by atoms with Crippen LogP contribution in [-0.2, 0) is 9.53 Å². The lowest BCUT2D eigenvalue weighted by Gasteiger charge is -2.01. The van der Waals surface area contributed by atoms with E-state index in [-0.39, 0.29) is 23.6 Å². The molecule has 4 heteroatoms. The van der Waals surface area contributed by atoms with Gasteiger partial charge in [-0.3, -0.25) is 4.79 Å². The minimum absolute atomic E-state index is 0.0209. The molecule has 0 radical (unpaired) electrons. The predicted octanol–water partition coefficient (Wildman–Crippen LogP) is 0.739. The fourth-order valence-electron chi connectivity index (χ4n) is 0.330. The Balaban J connectivity index is 3.37. The molecule has 0 rings (SSSR count). The van der Waals surface area contributed by atoms with E-state index in [0.29, 0.717) is 0 Å². The van der Waals surface area contributed by atoms with Crippen molar-refractivity contribution in [3.8, 4) is 12.3 Å². The number of rotatable bonds is 3. The molecule has 56 valence electrons. The second-order valence-corrected chi connectivity index (χ2v) is 3.20. The summed E-state index contributed by atoms with van der Waals surface area (Å²) in [4.78, 5) is 10.6. The third-order valence-corrected chi connectivity index (χ3v) is 1.03. The van der Waals surface area contributed by atoms with Gasteiger partial charge >= 0.3 is 5.97 Å². The van der Waals surface area contributed by atoms with E-state index in [2.05, 4.69) is 35.9 Å². The number of thiol groups is 2. The topological polar surface area (TPSA) is 26.3 Å². The van der Waals surface area contributed by atoms with E-state index in [9.17, 15) is 4.79 Å². The molecular formula is C6H8O2S2. The van der Waals surface area contributed by atoms with Gasteiger partial charge < -0.3 is 4.74 Å². The summed E-state index contributed by atoms with van der Waals surface area (Å²) in [5.74, 6) is 1.81. The standard InChI is InChI=1S/C6H8O2S2/c1-2-3-8-5(7)4-6(9)10/h1,6,9-10H,3-4H2. The minimum atomic E-state index is -0.368. The van der Waals surface area contributed by atoms with Crippen molar-refractivity contribution in [2.45, 2.75) is 11.0 Å². The molecule has 10 heavy (non-hydrogen) atoms. The molecule has 0 aliphatic carbocycles. The molecule has 0 atom stereocenters. The van der Waals surface area contributed by atoms with E-state index in [1.807, 2.05) is 0 Å². The van der Waals surface area contributed by atoms with Gasteiger partial charge in [0.15, 0.2) is 6.61 Å². The van der Waals surface area contributed by atoms with Gasteiger partial charge in [0.1, 0.15) is 0 Å². The van der Waals surface area contributed by atoms with Crippen molar-refractivity contribution in [2.24, 2.45) is 0 Å². The Hall–Kier alpha value is -0.270. The van der Waals surface area contributed by atoms with Gasteiger partial charge in [-0.1, -0.05) is 5.92 Å². The van der Waals surface area contributed by atoms with Crippen LogP contribution in [0.2, 0.25) is 0 Å². The Labute approximate surface area is 71.1 Å². The van der Waals surface area contributed by atoms with Gasteiger partial charge in [-0.2, -0.15) is 25.3 Å². The number of hydrogen-bond donors (Lipinski definition) is 2. The van der Waals surface area contributed by atoms with Crippen LogP contribution in [0, 0.1) is 12.3 Å². The van der Waals surface area contributed by atoms with Gasteiger partial charge in [0.25, 0.3) is 0 Å². The zero-order valence-corrected chi connectivity index (χ0v) is 7.07. The summed E-state index contributed by atoms with van der Waals surface area (Å²) >= 11 is 7.74. The molecule has 0 fully saturated rings. The van der Waals surface area contributed by atoms with E-state index in [0.717, 1.165) is 0 Å². The Kier molecular flexibility index (Phi) is 5.36. The van der Waals surface area contributed by atoms with E-state index in [4.69, 9.17) is 6.42 Å². The van der Waals surface area contributed by atoms with Crippen molar-refractivity contribution in [3.05, 3.63) is 0 Å². The normalized spacial score (nSPS) is 9.00. The van der Waals surface area contributed by atoms with Crippen LogP contribution in [-0.4, -0.2) is 17.2 Å². The molecule has 0 spiro atoms. The maximum Gasteiger partial charge on any atom is 0.308 e. The number of carbonyl (C=O) groups excluding carboxylic acids is 1. The van der Waals surface area contributed by atoms with Crippen LogP contribution in [0.25, 0.3) is 0 Å². The van der Waals surface area contributed by atoms with E-state index in [1.165, 1.54) is 0 Å². The van der Waals surface area contributed by atoms with E-state index in [1.54, 1.807) is 0 Å². The Morgan fingerprint density at radius 1 is 1.70 bits per heavy atom. The zero-order chi connectivity index (χ0) is 7.98. The van der Waals surface area contributed by atoms with Crippen molar-refractivity contribution in [3.63, 3.8) is 0 Å². The third kappa shape index (κ3) is 5.86. The highest BCUT2D eigenvalue weighted by molar-refractivity contribution is 7.99. The lowest BCUT2D eigenvalue weighted by molar-refractivity contribution is -0.141. The predicted molar refractivity (Wildman–Crippen MR) is 46.2 cm³/mol.